The van der Waals surface area contributed by atoms with Gasteiger partial charge in [-0.1, -0.05) is 5.16 Å². The summed E-state index contributed by atoms with van der Waals surface area (Å²) in [6, 6.07) is 5.72. The van der Waals surface area contributed by atoms with Crippen molar-refractivity contribution in [2.24, 2.45) is 0 Å². The normalized spacial score (nSPS) is 10.5. The molecule has 4 nitrogen and oxygen atoms in total. The Bertz CT molecular complexity index is 537. The highest BCUT2D eigenvalue weighted by molar-refractivity contribution is 7.98. The molecule has 0 atom stereocenters. The zero-order chi connectivity index (χ0) is 12.4. The predicted molar refractivity (Wildman–Crippen MR) is 69.4 cm³/mol. The first-order valence-corrected chi connectivity index (χ1v) is 6.33. The molecule has 2 rings (SSSR count). The molecule has 2 aromatic rings. The Morgan fingerprint density at radius 3 is 2.65 bits per heavy atom. The van der Waals surface area contributed by atoms with Crippen molar-refractivity contribution in [2.75, 3.05) is 19.1 Å². The Morgan fingerprint density at radius 1 is 1.35 bits per heavy atom. The summed E-state index contributed by atoms with van der Waals surface area (Å²) in [5.41, 5.74) is 8.29. The number of thioether (sulfide) groups is 1. The van der Waals surface area contributed by atoms with Crippen LogP contribution in [0, 0.1) is 6.92 Å². The average Bonchev–Trinajstić information content (AvgIpc) is 2.75. The van der Waals surface area contributed by atoms with Crippen LogP contribution < -0.4 is 10.5 Å². The number of anilines is 1. The molecule has 0 radical (unpaired) electrons. The van der Waals surface area contributed by atoms with Crippen molar-refractivity contribution in [3.05, 3.63) is 23.8 Å². The van der Waals surface area contributed by atoms with Crippen LogP contribution in [-0.4, -0.2) is 18.5 Å². The van der Waals surface area contributed by atoms with Crippen LogP contribution in [0.1, 0.15) is 5.56 Å². The zero-order valence-corrected chi connectivity index (χ0v) is 10.8. The highest BCUT2D eigenvalue weighted by Crippen LogP contribution is 2.35. The largest absolute Gasteiger partial charge is 0.496 e. The van der Waals surface area contributed by atoms with Crippen LogP contribution in [0.25, 0.3) is 11.3 Å². The Hall–Kier alpha value is -1.62. The summed E-state index contributed by atoms with van der Waals surface area (Å²) in [6.07, 6.45) is 2.04. The molecule has 0 aliphatic carbocycles. The van der Waals surface area contributed by atoms with Crippen LogP contribution in [0.4, 0.5) is 5.88 Å². The van der Waals surface area contributed by atoms with E-state index >= 15 is 0 Å². The maximum absolute atomic E-state index is 5.53. The lowest BCUT2D eigenvalue weighted by molar-refractivity contribution is 0.413. The van der Waals surface area contributed by atoms with Gasteiger partial charge in [0, 0.05) is 16.5 Å². The lowest BCUT2D eigenvalue weighted by Gasteiger charge is -2.10. The van der Waals surface area contributed by atoms with Crippen LogP contribution in [0.2, 0.25) is 0 Å². The van der Waals surface area contributed by atoms with Crippen LogP contribution >= 0.6 is 11.8 Å². The number of nitrogen functional groups attached to an aromatic ring is 1. The second-order valence-electron chi connectivity index (χ2n) is 3.64. The fourth-order valence-electron chi connectivity index (χ4n) is 1.67. The van der Waals surface area contributed by atoms with Crippen molar-refractivity contribution in [3.63, 3.8) is 0 Å². The average molecular weight is 250 g/mol. The number of hydrogen-bond acceptors (Lipinski definition) is 5. The molecule has 0 spiro atoms. The molecule has 0 aliphatic heterocycles. The highest BCUT2D eigenvalue weighted by Gasteiger charge is 2.13. The van der Waals surface area contributed by atoms with Gasteiger partial charge in [0.05, 0.1) is 7.11 Å². The summed E-state index contributed by atoms with van der Waals surface area (Å²) in [4.78, 5) is 1.18. The van der Waals surface area contributed by atoms with Crippen molar-refractivity contribution in [2.45, 2.75) is 11.8 Å². The molecule has 0 amide bonds. The van der Waals surface area contributed by atoms with Crippen molar-refractivity contribution in [3.8, 4) is 17.0 Å². The maximum Gasteiger partial charge on any atom is 0.222 e. The van der Waals surface area contributed by atoms with Gasteiger partial charge in [-0.25, -0.2) is 0 Å². The van der Waals surface area contributed by atoms with E-state index in [1.54, 1.807) is 24.9 Å². The molecule has 2 N–H and O–H groups in total. The van der Waals surface area contributed by atoms with Gasteiger partial charge in [-0.05, 0) is 30.9 Å². The number of ether oxygens (including phenoxy) is 1. The monoisotopic (exact) mass is 250 g/mol. The molecule has 0 bridgehead atoms. The van der Waals surface area contributed by atoms with Crippen molar-refractivity contribution < 1.29 is 9.26 Å². The minimum atomic E-state index is 0.299. The van der Waals surface area contributed by atoms with Crippen molar-refractivity contribution >= 4 is 17.6 Å². The van der Waals surface area contributed by atoms with Gasteiger partial charge in [-0.2, -0.15) is 0 Å². The number of benzene rings is 1. The highest BCUT2D eigenvalue weighted by atomic mass is 32.2. The van der Waals surface area contributed by atoms with E-state index in [2.05, 4.69) is 12.1 Å². The third-order valence-corrected chi connectivity index (χ3v) is 3.40. The number of nitrogens with zero attached hydrogens (tertiary/aromatic N) is 1. The molecule has 0 aliphatic rings. The van der Waals surface area contributed by atoms with E-state index in [1.807, 2.05) is 18.4 Å². The van der Waals surface area contributed by atoms with E-state index in [9.17, 15) is 0 Å². The number of aryl methyl sites for hydroxylation is 1. The molecule has 0 saturated carbocycles. The fourth-order valence-corrected chi connectivity index (χ4v) is 2.28. The molecule has 0 fully saturated rings. The molecule has 17 heavy (non-hydrogen) atoms. The van der Waals surface area contributed by atoms with Crippen molar-refractivity contribution in [1.29, 1.82) is 0 Å². The van der Waals surface area contributed by atoms with Gasteiger partial charge in [0.25, 0.3) is 0 Å². The Balaban J connectivity index is 2.58. The standard InChI is InChI=1S/C12H14N2O2S/c1-7-4-10(15-2)8(5-11(7)17-3)9-6-12(13)16-14-9/h4-6H,13H2,1-3H3. The first-order chi connectivity index (χ1) is 8.15. The van der Waals surface area contributed by atoms with Crippen molar-refractivity contribution in [1.82, 2.24) is 5.16 Å². The van der Waals surface area contributed by atoms with Gasteiger partial charge in [0.1, 0.15) is 11.4 Å². The summed E-state index contributed by atoms with van der Waals surface area (Å²) in [7, 11) is 1.64. The van der Waals surface area contributed by atoms with Gasteiger partial charge >= 0.3 is 0 Å². The molecule has 0 unspecified atom stereocenters. The van der Waals surface area contributed by atoms with E-state index in [0.29, 0.717) is 11.6 Å². The first kappa shape index (κ1) is 11.9. The Labute approximate surface area is 104 Å². The topological polar surface area (TPSA) is 61.3 Å². The summed E-state index contributed by atoms with van der Waals surface area (Å²) in [6.45, 7) is 2.05. The van der Waals surface area contributed by atoms with Gasteiger partial charge in [0.2, 0.25) is 5.88 Å². The van der Waals surface area contributed by atoms with Gasteiger partial charge in [-0.3, -0.25) is 0 Å². The molecule has 5 heteroatoms. The number of hydrogen-bond donors (Lipinski definition) is 1. The lowest BCUT2D eigenvalue weighted by atomic mass is 10.1. The van der Waals surface area contributed by atoms with Gasteiger partial charge < -0.3 is 15.0 Å². The van der Waals surface area contributed by atoms with E-state index in [-0.39, 0.29) is 0 Å². The Morgan fingerprint density at radius 2 is 2.12 bits per heavy atom. The smallest absolute Gasteiger partial charge is 0.222 e. The number of methoxy groups -OCH3 is 1. The van der Waals surface area contributed by atoms with Gasteiger partial charge in [-0.15, -0.1) is 11.8 Å². The minimum absolute atomic E-state index is 0.299. The molecular weight excluding hydrogens is 236 g/mol. The van der Waals surface area contributed by atoms with E-state index < -0.39 is 0 Å². The van der Waals surface area contributed by atoms with Crippen LogP contribution in [-0.2, 0) is 0 Å². The van der Waals surface area contributed by atoms with Crippen LogP contribution in [0.3, 0.4) is 0 Å². The third-order valence-electron chi connectivity index (χ3n) is 2.52. The maximum atomic E-state index is 5.53. The molecule has 1 aromatic carbocycles. The van der Waals surface area contributed by atoms with Crippen LogP contribution in [0.5, 0.6) is 5.75 Å². The molecule has 90 valence electrons. The fraction of sp³-hybridized carbons (Fsp3) is 0.250. The van der Waals surface area contributed by atoms with Crippen LogP contribution in [0.15, 0.2) is 27.6 Å². The quantitative estimate of drug-likeness (QED) is 0.848. The Kier molecular flexibility index (Phi) is 3.28. The van der Waals surface area contributed by atoms with E-state index in [4.69, 9.17) is 15.0 Å². The summed E-state index contributed by atoms with van der Waals surface area (Å²) < 4.78 is 10.2. The van der Waals surface area contributed by atoms with E-state index in [1.165, 1.54) is 10.5 Å². The second-order valence-corrected chi connectivity index (χ2v) is 4.48. The number of nitrogens with two attached hydrogens (primary N) is 1. The second kappa shape index (κ2) is 4.71. The first-order valence-electron chi connectivity index (χ1n) is 5.11. The lowest BCUT2D eigenvalue weighted by Crippen LogP contribution is -1.91. The summed E-state index contributed by atoms with van der Waals surface area (Å²) in [5.74, 6) is 1.07. The summed E-state index contributed by atoms with van der Waals surface area (Å²) >= 11 is 1.69. The predicted octanol–water partition coefficient (Wildman–Crippen LogP) is 2.96. The summed E-state index contributed by atoms with van der Waals surface area (Å²) in [5, 5.41) is 3.91. The number of rotatable bonds is 3. The SMILES string of the molecule is COc1cc(C)c(SC)cc1-c1cc(N)on1. The minimum Gasteiger partial charge on any atom is -0.496 e. The van der Waals surface area contributed by atoms with Gasteiger partial charge in [0.15, 0.2) is 0 Å². The third kappa shape index (κ3) is 2.24. The zero-order valence-electron chi connectivity index (χ0n) is 9.98. The van der Waals surface area contributed by atoms with E-state index in [0.717, 1.165) is 11.3 Å². The number of aromatic nitrogens is 1. The molecule has 1 heterocycles. The molecular formula is C12H14N2O2S. The molecule has 1 aromatic heterocycles. The molecule has 0 saturated heterocycles.